The van der Waals surface area contributed by atoms with E-state index >= 15 is 0 Å². The molecule has 6 nitrogen and oxygen atoms in total. The molecule has 3 aromatic carbocycles. The van der Waals surface area contributed by atoms with E-state index in [9.17, 15) is 4.79 Å². The third kappa shape index (κ3) is 3.71. The van der Waals surface area contributed by atoms with E-state index in [1.54, 1.807) is 21.3 Å². The van der Waals surface area contributed by atoms with E-state index < -0.39 is 0 Å². The van der Waals surface area contributed by atoms with Crippen LogP contribution in [0.4, 0.5) is 5.69 Å². The van der Waals surface area contributed by atoms with Gasteiger partial charge in [0.2, 0.25) is 5.75 Å². The molecule has 0 atom stereocenters. The number of aryl methyl sites for hydroxylation is 1. The molecule has 0 unspecified atom stereocenters. The van der Waals surface area contributed by atoms with Gasteiger partial charge >= 0.3 is 0 Å². The Morgan fingerprint density at radius 3 is 2.32 bits per heavy atom. The molecular weight excluding hydrogens is 428 g/mol. The Labute approximate surface area is 198 Å². The van der Waals surface area contributed by atoms with Crippen LogP contribution in [0.3, 0.4) is 0 Å². The average molecular weight is 455 g/mol. The fraction of sp³-hybridized carbons (Fsp3) is 0.214. The SMILES string of the molecule is COc1cc(-c2cc(C(=O)N3CCCc4ccccc43)c3ccccc3n2)cc(OC)c1OC. The van der Waals surface area contributed by atoms with Crippen LogP contribution in [0.2, 0.25) is 0 Å². The fourth-order valence-corrected chi connectivity index (χ4v) is 4.62. The van der Waals surface area contributed by atoms with Crippen LogP contribution < -0.4 is 19.1 Å². The van der Waals surface area contributed by atoms with Gasteiger partial charge in [0.15, 0.2) is 11.5 Å². The number of hydrogen-bond donors (Lipinski definition) is 0. The summed E-state index contributed by atoms with van der Waals surface area (Å²) in [5, 5.41) is 0.826. The van der Waals surface area contributed by atoms with Crippen molar-refractivity contribution in [3.05, 3.63) is 77.9 Å². The number of fused-ring (bicyclic) bond motifs is 2. The summed E-state index contributed by atoms with van der Waals surface area (Å²) in [6.45, 7) is 0.687. The average Bonchev–Trinajstić information content (AvgIpc) is 2.90. The molecule has 1 amide bonds. The summed E-state index contributed by atoms with van der Waals surface area (Å²) < 4.78 is 16.5. The minimum atomic E-state index is -0.0283. The van der Waals surface area contributed by atoms with Gasteiger partial charge in [-0.05, 0) is 48.7 Å². The molecule has 0 spiro atoms. The maximum atomic E-state index is 13.9. The molecule has 1 aromatic heterocycles. The lowest BCUT2D eigenvalue weighted by atomic mass is 9.98. The van der Waals surface area contributed by atoms with Crippen LogP contribution in [0, 0.1) is 0 Å². The second-order valence-corrected chi connectivity index (χ2v) is 8.18. The Kier molecular flexibility index (Phi) is 5.80. The normalized spacial score (nSPS) is 12.9. The number of aromatic nitrogens is 1. The van der Waals surface area contributed by atoms with E-state index in [-0.39, 0.29) is 5.91 Å². The van der Waals surface area contributed by atoms with Gasteiger partial charge in [-0.2, -0.15) is 0 Å². The Morgan fingerprint density at radius 2 is 1.59 bits per heavy atom. The van der Waals surface area contributed by atoms with Crippen LogP contribution in [0.25, 0.3) is 22.2 Å². The second kappa shape index (κ2) is 9.06. The number of carbonyl (C=O) groups excluding carboxylic acids is 1. The van der Waals surface area contributed by atoms with Gasteiger partial charge in [-0.15, -0.1) is 0 Å². The van der Waals surface area contributed by atoms with Crippen molar-refractivity contribution in [1.29, 1.82) is 0 Å². The van der Waals surface area contributed by atoms with Crippen molar-refractivity contribution in [2.24, 2.45) is 0 Å². The Bertz CT molecular complexity index is 1360. The molecule has 4 aromatic rings. The van der Waals surface area contributed by atoms with Gasteiger partial charge in [-0.3, -0.25) is 4.79 Å². The first-order chi connectivity index (χ1) is 16.6. The van der Waals surface area contributed by atoms with Gasteiger partial charge in [0.1, 0.15) is 0 Å². The van der Waals surface area contributed by atoms with Crippen LogP contribution in [-0.4, -0.2) is 38.8 Å². The zero-order chi connectivity index (χ0) is 23.7. The number of anilines is 1. The summed E-state index contributed by atoms with van der Waals surface area (Å²) in [6, 6.07) is 21.4. The summed E-state index contributed by atoms with van der Waals surface area (Å²) in [7, 11) is 4.73. The van der Waals surface area contributed by atoms with Gasteiger partial charge in [0.25, 0.3) is 5.91 Å². The Hall–Kier alpha value is -4.06. The number of hydrogen-bond acceptors (Lipinski definition) is 5. The standard InChI is InChI=1S/C28H26N2O4/c1-32-25-15-19(16-26(33-2)27(25)34-3)23-17-21(20-11-5-6-12-22(20)29-23)28(31)30-14-8-10-18-9-4-7-13-24(18)30/h4-7,9,11-13,15-17H,8,10,14H2,1-3H3. The molecule has 0 saturated heterocycles. The predicted octanol–water partition coefficient (Wildman–Crippen LogP) is 5.52. The topological polar surface area (TPSA) is 60.9 Å². The van der Waals surface area contributed by atoms with E-state index in [4.69, 9.17) is 19.2 Å². The summed E-state index contributed by atoms with van der Waals surface area (Å²) in [6.07, 6.45) is 1.92. The molecule has 1 aliphatic heterocycles. The number of amides is 1. The van der Waals surface area contributed by atoms with Crippen LogP contribution in [-0.2, 0) is 6.42 Å². The lowest BCUT2D eigenvalue weighted by Crippen LogP contribution is -2.35. The molecule has 0 radical (unpaired) electrons. The summed E-state index contributed by atoms with van der Waals surface area (Å²) in [5.41, 5.74) is 4.98. The van der Waals surface area contributed by atoms with Crippen LogP contribution in [0.15, 0.2) is 66.7 Å². The molecule has 2 heterocycles. The van der Waals surface area contributed by atoms with Crippen LogP contribution in [0.5, 0.6) is 17.2 Å². The van der Waals surface area contributed by atoms with Crippen LogP contribution >= 0.6 is 0 Å². The summed E-state index contributed by atoms with van der Waals surface area (Å²) >= 11 is 0. The quantitative estimate of drug-likeness (QED) is 0.397. The first-order valence-electron chi connectivity index (χ1n) is 11.2. The lowest BCUT2D eigenvalue weighted by molar-refractivity contribution is 0.0986. The second-order valence-electron chi connectivity index (χ2n) is 8.18. The summed E-state index contributed by atoms with van der Waals surface area (Å²) in [5.74, 6) is 1.55. The highest BCUT2D eigenvalue weighted by atomic mass is 16.5. The first kappa shape index (κ1) is 21.8. The molecule has 0 fully saturated rings. The molecule has 6 heteroatoms. The monoisotopic (exact) mass is 454 g/mol. The summed E-state index contributed by atoms with van der Waals surface area (Å²) in [4.78, 5) is 20.7. The molecule has 5 rings (SSSR count). The number of carbonyl (C=O) groups is 1. The Balaban J connectivity index is 1.68. The van der Waals surface area contributed by atoms with E-state index in [1.807, 2.05) is 65.6 Å². The van der Waals surface area contributed by atoms with Crippen molar-refractivity contribution in [3.63, 3.8) is 0 Å². The zero-order valence-corrected chi connectivity index (χ0v) is 19.5. The molecule has 0 saturated carbocycles. The minimum Gasteiger partial charge on any atom is -0.493 e. The largest absolute Gasteiger partial charge is 0.493 e. The van der Waals surface area contributed by atoms with Crippen LogP contribution in [0.1, 0.15) is 22.3 Å². The predicted molar refractivity (Wildman–Crippen MR) is 133 cm³/mol. The molecule has 172 valence electrons. The molecular formula is C28H26N2O4. The van der Waals surface area contributed by atoms with Gasteiger partial charge in [0, 0.05) is 23.2 Å². The van der Waals surface area contributed by atoms with Gasteiger partial charge in [-0.25, -0.2) is 4.98 Å². The van der Waals surface area contributed by atoms with Crippen molar-refractivity contribution in [2.75, 3.05) is 32.8 Å². The van der Waals surface area contributed by atoms with Gasteiger partial charge in [-0.1, -0.05) is 36.4 Å². The fourth-order valence-electron chi connectivity index (χ4n) is 4.62. The van der Waals surface area contributed by atoms with E-state index in [0.29, 0.717) is 35.1 Å². The van der Waals surface area contributed by atoms with E-state index in [1.165, 1.54) is 5.56 Å². The lowest BCUT2D eigenvalue weighted by Gasteiger charge is -2.30. The molecule has 0 bridgehead atoms. The number of ether oxygens (including phenoxy) is 3. The smallest absolute Gasteiger partial charge is 0.259 e. The van der Waals surface area contributed by atoms with Crippen molar-refractivity contribution in [3.8, 4) is 28.5 Å². The minimum absolute atomic E-state index is 0.0283. The number of para-hydroxylation sites is 2. The van der Waals surface area contributed by atoms with Gasteiger partial charge in [0.05, 0.1) is 38.1 Å². The van der Waals surface area contributed by atoms with E-state index in [0.717, 1.165) is 35.0 Å². The first-order valence-corrected chi connectivity index (χ1v) is 11.2. The third-order valence-electron chi connectivity index (χ3n) is 6.26. The zero-order valence-electron chi connectivity index (χ0n) is 19.5. The van der Waals surface area contributed by atoms with Crippen molar-refractivity contribution in [1.82, 2.24) is 4.98 Å². The number of pyridine rings is 1. The third-order valence-corrected chi connectivity index (χ3v) is 6.26. The number of benzene rings is 3. The molecule has 0 N–H and O–H groups in total. The molecule has 34 heavy (non-hydrogen) atoms. The van der Waals surface area contributed by atoms with Crippen molar-refractivity contribution in [2.45, 2.75) is 12.8 Å². The molecule has 0 aliphatic carbocycles. The number of methoxy groups -OCH3 is 3. The highest BCUT2D eigenvalue weighted by molar-refractivity contribution is 6.14. The number of rotatable bonds is 5. The molecule has 1 aliphatic rings. The number of nitrogens with zero attached hydrogens (tertiary/aromatic N) is 2. The van der Waals surface area contributed by atoms with Gasteiger partial charge < -0.3 is 19.1 Å². The highest BCUT2D eigenvalue weighted by Crippen LogP contribution is 2.41. The van der Waals surface area contributed by atoms with Crippen molar-refractivity contribution < 1.29 is 19.0 Å². The highest BCUT2D eigenvalue weighted by Gasteiger charge is 2.26. The maximum Gasteiger partial charge on any atom is 0.259 e. The van der Waals surface area contributed by atoms with E-state index in [2.05, 4.69) is 6.07 Å². The van der Waals surface area contributed by atoms with Crippen molar-refractivity contribution >= 4 is 22.5 Å². The maximum absolute atomic E-state index is 13.9. The Morgan fingerprint density at radius 1 is 0.882 bits per heavy atom.